The third-order valence-corrected chi connectivity index (χ3v) is 6.15. The van der Waals surface area contributed by atoms with Gasteiger partial charge in [-0.3, -0.25) is 0 Å². The molecule has 4 aromatic rings. The summed E-state index contributed by atoms with van der Waals surface area (Å²) >= 11 is 0. The van der Waals surface area contributed by atoms with E-state index in [9.17, 15) is 0 Å². The second kappa shape index (κ2) is 12.0. The molecule has 0 aliphatic heterocycles. The van der Waals surface area contributed by atoms with Crippen LogP contribution in [-0.4, -0.2) is 31.1 Å². The highest BCUT2D eigenvalue weighted by molar-refractivity contribution is 6.05. The van der Waals surface area contributed by atoms with Crippen LogP contribution in [0.2, 0.25) is 0 Å². The van der Waals surface area contributed by atoms with Gasteiger partial charge in [-0.05, 0) is 41.4 Å². The van der Waals surface area contributed by atoms with E-state index in [1.165, 1.54) is 27.8 Å². The number of hydrogen-bond donors (Lipinski definition) is 0. The molecule has 4 aromatic carbocycles. The van der Waals surface area contributed by atoms with Gasteiger partial charge < -0.3 is 9.64 Å². The number of para-hydroxylation sites is 1. The van der Waals surface area contributed by atoms with Gasteiger partial charge in [-0.1, -0.05) is 123 Å². The zero-order chi connectivity index (χ0) is 23.6. The Bertz CT molecular complexity index is 1140. The predicted molar refractivity (Wildman–Crippen MR) is 144 cm³/mol. The van der Waals surface area contributed by atoms with Crippen molar-refractivity contribution in [2.75, 3.05) is 26.2 Å². The zero-order valence-corrected chi connectivity index (χ0v) is 20.2. The van der Waals surface area contributed by atoms with E-state index in [1.807, 2.05) is 0 Å². The molecule has 0 aliphatic rings. The standard InChI is InChI=1S/C32H33NO/c1-3-33(4-2)24-25-34-30-23-15-14-22-29(30)32(28-20-12-7-13-21-28)31(26-16-8-5-9-17-26)27-18-10-6-11-19-27/h5-23H,3-4,24-25H2,1-2H3. The molecular weight excluding hydrogens is 414 g/mol. The molecule has 0 spiro atoms. The minimum Gasteiger partial charge on any atom is -0.492 e. The molecule has 2 nitrogen and oxygen atoms in total. The molecule has 0 heterocycles. The highest BCUT2D eigenvalue weighted by Crippen LogP contribution is 2.40. The molecule has 0 N–H and O–H groups in total. The van der Waals surface area contributed by atoms with E-state index in [4.69, 9.17) is 4.74 Å². The van der Waals surface area contributed by atoms with Crippen LogP contribution in [0.15, 0.2) is 115 Å². The van der Waals surface area contributed by atoms with Crippen LogP contribution in [0, 0.1) is 0 Å². The van der Waals surface area contributed by atoms with Crippen LogP contribution in [0.1, 0.15) is 36.1 Å². The van der Waals surface area contributed by atoms with Crippen molar-refractivity contribution in [2.45, 2.75) is 13.8 Å². The molecule has 0 fully saturated rings. The first-order valence-electron chi connectivity index (χ1n) is 12.2. The zero-order valence-electron chi connectivity index (χ0n) is 20.2. The minimum atomic E-state index is 0.659. The minimum absolute atomic E-state index is 0.659. The fourth-order valence-corrected chi connectivity index (χ4v) is 4.33. The number of likely N-dealkylation sites (N-methyl/N-ethyl adjacent to an activating group) is 1. The van der Waals surface area contributed by atoms with Crippen LogP contribution in [0.5, 0.6) is 5.75 Å². The van der Waals surface area contributed by atoms with Crippen molar-refractivity contribution < 1.29 is 4.74 Å². The maximum atomic E-state index is 6.42. The average Bonchev–Trinajstić information content (AvgIpc) is 2.91. The molecule has 0 unspecified atom stereocenters. The van der Waals surface area contributed by atoms with Crippen molar-refractivity contribution in [1.82, 2.24) is 4.90 Å². The Balaban J connectivity index is 1.90. The molecule has 0 amide bonds. The molecule has 0 bridgehead atoms. The first kappa shape index (κ1) is 23.5. The Labute approximate surface area is 204 Å². The van der Waals surface area contributed by atoms with Crippen molar-refractivity contribution in [2.24, 2.45) is 0 Å². The molecule has 172 valence electrons. The summed E-state index contributed by atoms with van der Waals surface area (Å²) in [4.78, 5) is 2.38. The topological polar surface area (TPSA) is 12.5 Å². The Morgan fingerprint density at radius 1 is 0.559 bits per heavy atom. The van der Waals surface area contributed by atoms with Crippen LogP contribution in [0.3, 0.4) is 0 Å². The summed E-state index contributed by atoms with van der Waals surface area (Å²) in [5.41, 5.74) is 7.03. The molecule has 0 radical (unpaired) electrons. The van der Waals surface area contributed by atoms with Crippen LogP contribution in [0.25, 0.3) is 11.1 Å². The van der Waals surface area contributed by atoms with E-state index < -0.39 is 0 Å². The lowest BCUT2D eigenvalue weighted by Crippen LogP contribution is -2.28. The van der Waals surface area contributed by atoms with Crippen LogP contribution >= 0.6 is 0 Å². The maximum absolute atomic E-state index is 6.42. The molecule has 34 heavy (non-hydrogen) atoms. The van der Waals surface area contributed by atoms with E-state index >= 15 is 0 Å². The van der Waals surface area contributed by atoms with Crippen molar-refractivity contribution in [3.8, 4) is 5.75 Å². The van der Waals surface area contributed by atoms with E-state index in [1.54, 1.807) is 0 Å². The molecule has 0 aliphatic carbocycles. The van der Waals surface area contributed by atoms with Gasteiger partial charge in [-0.15, -0.1) is 0 Å². The summed E-state index contributed by atoms with van der Waals surface area (Å²) in [6.07, 6.45) is 0. The van der Waals surface area contributed by atoms with Gasteiger partial charge in [0.05, 0.1) is 0 Å². The molecule has 0 saturated carbocycles. The summed E-state index contributed by atoms with van der Waals surface area (Å²) < 4.78 is 6.42. The Kier molecular flexibility index (Phi) is 8.32. The Morgan fingerprint density at radius 3 is 1.50 bits per heavy atom. The fourth-order valence-electron chi connectivity index (χ4n) is 4.33. The Hall–Kier alpha value is -3.62. The van der Waals surface area contributed by atoms with Crippen molar-refractivity contribution in [3.63, 3.8) is 0 Å². The summed E-state index contributed by atoms with van der Waals surface area (Å²) in [5.74, 6) is 0.915. The second-order valence-corrected chi connectivity index (χ2v) is 8.22. The summed E-state index contributed by atoms with van der Waals surface area (Å²) in [6, 6.07) is 40.4. The lowest BCUT2D eigenvalue weighted by molar-refractivity contribution is 0.222. The number of ether oxygens (including phenoxy) is 1. The van der Waals surface area contributed by atoms with Gasteiger partial charge in [0.25, 0.3) is 0 Å². The maximum Gasteiger partial charge on any atom is 0.127 e. The van der Waals surface area contributed by atoms with E-state index in [-0.39, 0.29) is 0 Å². The number of rotatable bonds is 10. The molecule has 2 heteroatoms. The average molecular weight is 448 g/mol. The first-order chi connectivity index (χ1) is 16.8. The Morgan fingerprint density at radius 2 is 1.00 bits per heavy atom. The highest BCUT2D eigenvalue weighted by atomic mass is 16.5. The molecule has 4 rings (SSSR count). The lowest BCUT2D eigenvalue weighted by atomic mass is 9.85. The molecule has 0 aromatic heterocycles. The quantitative estimate of drug-likeness (QED) is 0.235. The van der Waals surface area contributed by atoms with Crippen LogP contribution in [0.4, 0.5) is 0 Å². The van der Waals surface area contributed by atoms with E-state index in [2.05, 4.69) is 134 Å². The smallest absolute Gasteiger partial charge is 0.127 e. The van der Waals surface area contributed by atoms with Crippen molar-refractivity contribution in [3.05, 3.63) is 138 Å². The van der Waals surface area contributed by atoms with E-state index in [0.29, 0.717) is 6.61 Å². The first-order valence-corrected chi connectivity index (χ1v) is 12.2. The van der Waals surface area contributed by atoms with Crippen LogP contribution < -0.4 is 4.74 Å². The van der Waals surface area contributed by atoms with Crippen molar-refractivity contribution >= 4 is 11.1 Å². The summed E-state index contributed by atoms with van der Waals surface area (Å²) in [6.45, 7) is 8.02. The van der Waals surface area contributed by atoms with Gasteiger partial charge in [0, 0.05) is 17.7 Å². The monoisotopic (exact) mass is 447 g/mol. The third-order valence-electron chi connectivity index (χ3n) is 6.15. The normalized spacial score (nSPS) is 10.8. The van der Waals surface area contributed by atoms with Gasteiger partial charge >= 0.3 is 0 Å². The van der Waals surface area contributed by atoms with Crippen LogP contribution in [-0.2, 0) is 0 Å². The highest BCUT2D eigenvalue weighted by Gasteiger charge is 2.19. The molecule has 0 atom stereocenters. The fraction of sp³-hybridized carbons (Fsp3) is 0.188. The molecular formula is C32H33NO. The lowest BCUT2D eigenvalue weighted by Gasteiger charge is -2.22. The number of benzene rings is 4. The summed E-state index contributed by atoms with van der Waals surface area (Å²) in [5, 5.41) is 0. The van der Waals surface area contributed by atoms with Crippen molar-refractivity contribution in [1.29, 1.82) is 0 Å². The van der Waals surface area contributed by atoms with Gasteiger partial charge in [0.15, 0.2) is 0 Å². The van der Waals surface area contributed by atoms with Gasteiger partial charge in [0.2, 0.25) is 0 Å². The van der Waals surface area contributed by atoms with Gasteiger partial charge in [-0.2, -0.15) is 0 Å². The SMILES string of the molecule is CCN(CC)CCOc1ccccc1C(=C(c1ccccc1)c1ccccc1)c1ccccc1. The largest absolute Gasteiger partial charge is 0.492 e. The molecule has 0 saturated heterocycles. The van der Waals surface area contributed by atoms with E-state index in [0.717, 1.165) is 30.9 Å². The second-order valence-electron chi connectivity index (χ2n) is 8.22. The number of hydrogen-bond acceptors (Lipinski definition) is 2. The van der Waals surface area contributed by atoms with Gasteiger partial charge in [-0.25, -0.2) is 0 Å². The third kappa shape index (κ3) is 5.65. The predicted octanol–water partition coefficient (Wildman–Crippen LogP) is 7.41. The van der Waals surface area contributed by atoms with Gasteiger partial charge in [0.1, 0.15) is 12.4 Å². The summed E-state index contributed by atoms with van der Waals surface area (Å²) in [7, 11) is 0. The number of nitrogens with zero attached hydrogens (tertiary/aromatic N) is 1.